The third-order valence-corrected chi connectivity index (χ3v) is 6.72. The molecule has 1 unspecified atom stereocenters. The number of halogens is 3. The van der Waals surface area contributed by atoms with Gasteiger partial charge in [0, 0.05) is 41.5 Å². The SMILES string of the molecule is Cc1nn(-c2cc(Cc3c(C)c(-c4ccc(F)cc4)nn3CC3CC3)ncn2)c(C)c1C(O)C(F)F. The van der Waals surface area contributed by atoms with E-state index in [2.05, 4.69) is 15.1 Å². The fourth-order valence-corrected chi connectivity index (χ4v) is 4.59. The Labute approximate surface area is 206 Å². The number of aliphatic hydroxyl groups excluding tert-OH is 1. The molecule has 188 valence electrons. The Bertz CT molecular complexity index is 1390. The van der Waals surface area contributed by atoms with Crippen molar-refractivity contribution in [2.24, 2.45) is 5.92 Å². The predicted molar refractivity (Wildman–Crippen MR) is 127 cm³/mol. The minimum Gasteiger partial charge on any atom is -0.382 e. The normalized spacial score (nSPS) is 14.6. The van der Waals surface area contributed by atoms with Crippen LogP contribution >= 0.6 is 0 Å². The lowest BCUT2D eigenvalue weighted by atomic mass is 10.0. The maximum absolute atomic E-state index is 13.5. The van der Waals surface area contributed by atoms with Crippen molar-refractivity contribution in [1.29, 1.82) is 0 Å². The molecule has 0 aliphatic heterocycles. The average Bonchev–Trinajstić information content (AvgIpc) is 3.56. The standard InChI is InChI=1S/C26H27F3N6O/c1-14-21(34(12-17-4-5-17)33-24(14)18-6-8-19(27)9-7-18)10-20-11-22(31-13-30-20)35-16(3)23(15(2)32-35)25(36)26(28)29/h6-9,11,13,17,25-26,36H,4-5,10,12H2,1-3H3. The minimum absolute atomic E-state index is 0.104. The molecule has 3 heterocycles. The van der Waals surface area contributed by atoms with E-state index >= 15 is 0 Å². The van der Waals surface area contributed by atoms with Crippen molar-refractivity contribution < 1.29 is 18.3 Å². The fourth-order valence-electron chi connectivity index (χ4n) is 4.59. The summed E-state index contributed by atoms with van der Waals surface area (Å²) in [4.78, 5) is 8.74. The Morgan fingerprint density at radius 1 is 1.06 bits per heavy atom. The van der Waals surface area contributed by atoms with Crippen molar-refractivity contribution in [2.75, 3.05) is 0 Å². The van der Waals surface area contributed by atoms with E-state index in [0.29, 0.717) is 35.2 Å². The van der Waals surface area contributed by atoms with E-state index in [9.17, 15) is 18.3 Å². The van der Waals surface area contributed by atoms with Gasteiger partial charge in [0.15, 0.2) is 5.82 Å². The van der Waals surface area contributed by atoms with Crippen molar-refractivity contribution in [3.63, 3.8) is 0 Å². The second-order valence-electron chi connectivity index (χ2n) is 9.37. The maximum Gasteiger partial charge on any atom is 0.268 e. The number of aryl methyl sites for hydroxylation is 1. The van der Waals surface area contributed by atoms with Crippen LogP contribution in [0.25, 0.3) is 17.1 Å². The molecule has 5 rings (SSSR count). The van der Waals surface area contributed by atoms with Crippen LogP contribution in [0.2, 0.25) is 0 Å². The van der Waals surface area contributed by atoms with Crippen molar-refractivity contribution >= 4 is 0 Å². The molecule has 1 aromatic carbocycles. The second kappa shape index (κ2) is 9.50. The topological polar surface area (TPSA) is 81.7 Å². The van der Waals surface area contributed by atoms with E-state index in [0.717, 1.165) is 29.1 Å². The Morgan fingerprint density at radius 3 is 2.44 bits per heavy atom. The summed E-state index contributed by atoms with van der Waals surface area (Å²) in [6, 6.07) is 8.08. The summed E-state index contributed by atoms with van der Waals surface area (Å²) in [6.07, 6.45) is -0.578. The van der Waals surface area contributed by atoms with Gasteiger partial charge in [0.1, 0.15) is 18.2 Å². The predicted octanol–water partition coefficient (Wildman–Crippen LogP) is 4.89. The Balaban J connectivity index is 1.50. The molecule has 1 aliphatic rings. The number of benzene rings is 1. The number of rotatable bonds is 8. The van der Waals surface area contributed by atoms with Crippen molar-refractivity contribution in [3.05, 3.63) is 76.4 Å². The van der Waals surface area contributed by atoms with Gasteiger partial charge in [-0.2, -0.15) is 10.2 Å². The zero-order valence-corrected chi connectivity index (χ0v) is 20.3. The molecule has 1 N–H and O–H groups in total. The van der Waals surface area contributed by atoms with Gasteiger partial charge < -0.3 is 5.11 Å². The molecule has 7 nitrogen and oxygen atoms in total. The van der Waals surface area contributed by atoms with E-state index < -0.39 is 12.5 Å². The fraction of sp³-hybridized carbons (Fsp3) is 0.385. The molecule has 0 amide bonds. The van der Waals surface area contributed by atoms with Crippen LogP contribution in [0.1, 0.15) is 52.8 Å². The molecule has 0 radical (unpaired) electrons. The van der Waals surface area contributed by atoms with Crippen LogP contribution in [0.15, 0.2) is 36.7 Å². The smallest absolute Gasteiger partial charge is 0.268 e. The molecule has 0 saturated heterocycles. The number of alkyl halides is 2. The molecule has 4 aromatic rings. The maximum atomic E-state index is 13.5. The van der Waals surface area contributed by atoms with Gasteiger partial charge in [0.25, 0.3) is 6.43 Å². The van der Waals surface area contributed by atoms with Crippen LogP contribution in [-0.2, 0) is 13.0 Å². The number of hydrogen-bond acceptors (Lipinski definition) is 5. The zero-order valence-electron chi connectivity index (χ0n) is 20.3. The Kier molecular flexibility index (Phi) is 6.38. The highest BCUT2D eigenvalue weighted by Crippen LogP contribution is 2.34. The van der Waals surface area contributed by atoms with Crippen LogP contribution < -0.4 is 0 Å². The monoisotopic (exact) mass is 496 g/mol. The van der Waals surface area contributed by atoms with Crippen LogP contribution in [0.3, 0.4) is 0 Å². The molecular formula is C26H27F3N6O. The highest BCUT2D eigenvalue weighted by Gasteiger charge is 2.28. The van der Waals surface area contributed by atoms with Gasteiger partial charge in [0.05, 0.1) is 17.1 Å². The molecule has 1 fully saturated rings. The summed E-state index contributed by atoms with van der Waals surface area (Å²) >= 11 is 0. The van der Waals surface area contributed by atoms with Gasteiger partial charge in [-0.15, -0.1) is 0 Å². The Hall–Kier alpha value is -3.53. The third-order valence-electron chi connectivity index (χ3n) is 6.72. The van der Waals surface area contributed by atoms with E-state index in [1.807, 2.05) is 11.6 Å². The lowest BCUT2D eigenvalue weighted by molar-refractivity contribution is -0.00650. The number of aliphatic hydroxyl groups is 1. The number of hydrogen-bond donors (Lipinski definition) is 1. The van der Waals surface area contributed by atoms with E-state index in [-0.39, 0.29) is 11.4 Å². The first-order valence-electron chi connectivity index (χ1n) is 11.9. The summed E-state index contributed by atoms with van der Waals surface area (Å²) in [5, 5.41) is 19.2. The zero-order chi connectivity index (χ0) is 25.6. The van der Waals surface area contributed by atoms with Crippen LogP contribution in [0.5, 0.6) is 0 Å². The number of aromatic nitrogens is 6. The summed E-state index contributed by atoms with van der Waals surface area (Å²) in [5.74, 6) is 0.730. The molecule has 3 aromatic heterocycles. The summed E-state index contributed by atoms with van der Waals surface area (Å²) in [6.45, 7) is 6.03. The van der Waals surface area contributed by atoms with Gasteiger partial charge in [-0.05, 0) is 69.4 Å². The highest BCUT2D eigenvalue weighted by molar-refractivity contribution is 5.64. The molecule has 1 saturated carbocycles. The van der Waals surface area contributed by atoms with Gasteiger partial charge in [-0.1, -0.05) is 0 Å². The van der Waals surface area contributed by atoms with Crippen molar-refractivity contribution in [1.82, 2.24) is 29.5 Å². The molecule has 10 heteroatoms. The van der Waals surface area contributed by atoms with Gasteiger partial charge in [0.2, 0.25) is 0 Å². The quantitative estimate of drug-likeness (QED) is 0.376. The lowest BCUT2D eigenvalue weighted by Gasteiger charge is -2.11. The van der Waals surface area contributed by atoms with Gasteiger partial charge in [-0.25, -0.2) is 27.8 Å². The minimum atomic E-state index is -2.91. The lowest BCUT2D eigenvalue weighted by Crippen LogP contribution is -2.11. The van der Waals surface area contributed by atoms with E-state index in [4.69, 9.17) is 5.10 Å². The second-order valence-corrected chi connectivity index (χ2v) is 9.37. The largest absolute Gasteiger partial charge is 0.382 e. The molecular weight excluding hydrogens is 469 g/mol. The summed E-state index contributed by atoms with van der Waals surface area (Å²) in [5.41, 5.74) is 5.21. The molecule has 36 heavy (non-hydrogen) atoms. The first-order chi connectivity index (χ1) is 17.2. The summed E-state index contributed by atoms with van der Waals surface area (Å²) < 4.78 is 43.3. The number of nitrogens with zero attached hydrogens (tertiary/aromatic N) is 6. The molecule has 1 atom stereocenters. The summed E-state index contributed by atoms with van der Waals surface area (Å²) in [7, 11) is 0. The third kappa shape index (κ3) is 4.65. The molecule has 0 spiro atoms. The van der Waals surface area contributed by atoms with Gasteiger partial charge >= 0.3 is 0 Å². The molecule has 1 aliphatic carbocycles. The van der Waals surface area contributed by atoms with Crippen molar-refractivity contribution in [3.8, 4) is 17.1 Å². The van der Waals surface area contributed by atoms with Crippen LogP contribution in [0, 0.1) is 32.5 Å². The van der Waals surface area contributed by atoms with Crippen LogP contribution in [0.4, 0.5) is 13.2 Å². The molecule has 0 bridgehead atoms. The Morgan fingerprint density at radius 2 is 1.78 bits per heavy atom. The van der Waals surface area contributed by atoms with E-state index in [1.54, 1.807) is 32.0 Å². The highest BCUT2D eigenvalue weighted by atomic mass is 19.3. The van der Waals surface area contributed by atoms with E-state index in [1.165, 1.54) is 36.0 Å². The van der Waals surface area contributed by atoms with Gasteiger partial charge in [-0.3, -0.25) is 4.68 Å². The first-order valence-corrected chi connectivity index (χ1v) is 11.9. The first kappa shape index (κ1) is 24.2. The van der Waals surface area contributed by atoms with Crippen LogP contribution in [-0.4, -0.2) is 41.1 Å². The average molecular weight is 497 g/mol. The van der Waals surface area contributed by atoms with Crippen molar-refractivity contribution in [2.45, 2.75) is 59.1 Å².